The zero-order valence-electron chi connectivity index (χ0n) is 14.2. The van der Waals surface area contributed by atoms with Gasteiger partial charge >= 0.3 is 19.5 Å². The molecule has 0 aliphatic heterocycles. The van der Waals surface area contributed by atoms with Gasteiger partial charge in [-0.1, -0.05) is 84.0 Å². The van der Waals surface area contributed by atoms with Crippen molar-refractivity contribution in [3.8, 4) is 0 Å². The molecule has 0 saturated carbocycles. The number of nitrogens with one attached hydrogen (secondary N) is 1. The summed E-state index contributed by atoms with van der Waals surface area (Å²) < 4.78 is 0. The van der Waals surface area contributed by atoms with Crippen LogP contribution in [0, 0.1) is 0 Å². The number of aromatic nitrogens is 2. The van der Waals surface area contributed by atoms with Crippen molar-refractivity contribution in [3.05, 3.63) is 18.2 Å². The zero-order chi connectivity index (χ0) is 14.3. The maximum absolute atomic E-state index is 4.25. The van der Waals surface area contributed by atoms with Crippen molar-refractivity contribution in [2.75, 3.05) is 0 Å². The summed E-state index contributed by atoms with van der Waals surface area (Å²) in [5.41, 5.74) is 0. The van der Waals surface area contributed by atoms with Gasteiger partial charge in [0.2, 0.25) is 0 Å². The summed E-state index contributed by atoms with van der Waals surface area (Å²) >= 11 is 0. The molecule has 0 radical (unpaired) electrons. The molecule has 0 saturated heterocycles. The third-order valence-electron chi connectivity index (χ3n) is 4.07. The number of imidazole rings is 1. The van der Waals surface area contributed by atoms with Crippen LogP contribution >= 0.6 is 0 Å². The second-order valence-corrected chi connectivity index (χ2v) is 6.03. The molecule has 0 aliphatic carbocycles. The molecule has 1 N–H and O–H groups in total. The first kappa shape index (κ1) is 20.8. The Morgan fingerprint density at radius 1 is 0.762 bits per heavy atom. The predicted octanol–water partition coefficient (Wildman–Crippen LogP) is 6.04. The second-order valence-electron chi connectivity index (χ2n) is 6.03. The van der Waals surface area contributed by atoms with E-state index >= 15 is 0 Å². The van der Waals surface area contributed by atoms with Crippen molar-refractivity contribution in [2.24, 2.45) is 0 Å². The second kappa shape index (κ2) is 16.2. The van der Waals surface area contributed by atoms with E-state index in [-0.39, 0.29) is 19.5 Å². The van der Waals surface area contributed by atoms with E-state index in [0.717, 1.165) is 12.2 Å². The average Bonchev–Trinajstić information content (AvgIpc) is 2.97. The first-order valence-electron chi connectivity index (χ1n) is 8.91. The Hall–Kier alpha value is -0.167. The molecule has 0 aliphatic rings. The quantitative estimate of drug-likeness (QED) is 0.323. The number of hydrogen-bond donors (Lipinski definition) is 1. The Morgan fingerprint density at radius 2 is 1.24 bits per heavy atom. The molecule has 1 rings (SSSR count). The van der Waals surface area contributed by atoms with Crippen LogP contribution in [0.2, 0.25) is 0 Å². The summed E-state index contributed by atoms with van der Waals surface area (Å²) in [6.07, 6.45) is 23.3. The third kappa shape index (κ3) is 13.2. The summed E-state index contributed by atoms with van der Waals surface area (Å²) in [6, 6.07) is 0. The minimum Gasteiger partial charge on any atom is -0.349 e. The summed E-state index contributed by atoms with van der Waals surface area (Å²) in [7, 11) is 0. The van der Waals surface area contributed by atoms with Gasteiger partial charge in [0.25, 0.3) is 0 Å². The fourth-order valence-corrected chi connectivity index (χ4v) is 2.74. The van der Waals surface area contributed by atoms with E-state index < -0.39 is 0 Å². The molecule has 0 fully saturated rings. The number of nitrogens with zero attached hydrogens (tertiary/aromatic N) is 1. The van der Waals surface area contributed by atoms with Gasteiger partial charge in [-0.05, 0) is 6.42 Å². The van der Waals surface area contributed by atoms with E-state index in [4.69, 9.17) is 0 Å². The molecule has 0 unspecified atom stereocenters. The van der Waals surface area contributed by atoms with Crippen LogP contribution < -0.4 is 0 Å². The monoisotopic (exact) mass is 342 g/mol. The summed E-state index contributed by atoms with van der Waals surface area (Å²) in [4.78, 5) is 7.42. The van der Waals surface area contributed by atoms with Gasteiger partial charge in [0, 0.05) is 18.8 Å². The van der Waals surface area contributed by atoms with E-state index in [1.165, 1.54) is 83.5 Å². The van der Waals surface area contributed by atoms with Gasteiger partial charge in [0.1, 0.15) is 5.82 Å². The van der Waals surface area contributed by atoms with E-state index in [9.17, 15) is 0 Å². The van der Waals surface area contributed by atoms with Crippen LogP contribution in [-0.2, 0) is 25.9 Å². The van der Waals surface area contributed by atoms with Crippen molar-refractivity contribution in [3.63, 3.8) is 0 Å². The van der Waals surface area contributed by atoms with E-state index in [1.807, 2.05) is 12.4 Å². The van der Waals surface area contributed by atoms with Gasteiger partial charge in [-0.15, -0.1) is 0 Å². The van der Waals surface area contributed by atoms with Crippen LogP contribution in [0.5, 0.6) is 0 Å². The van der Waals surface area contributed by atoms with Crippen molar-refractivity contribution in [1.29, 1.82) is 0 Å². The van der Waals surface area contributed by atoms with E-state index in [0.29, 0.717) is 0 Å². The Balaban J connectivity index is 0.00000400. The number of unbranched alkanes of at least 4 members (excludes halogenated alkanes) is 12. The standard InChI is InChI=1S/C18H34N2.Zn/c1-2-3-4-5-6-7-8-9-10-11-12-13-14-15-18-19-16-17-20-18;/h16-17H,2-15H2,1H3,(H,19,20);/q;+2. The maximum Gasteiger partial charge on any atom is 2.00 e. The van der Waals surface area contributed by atoms with Gasteiger partial charge < -0.3 is 4.98 Å². The first-order valence-corrected chi connectivity index (χ1v) is 8.91. The van der Waals surface area contributed by atoms with Crippen LogP contribution in [0.1, 0.15) is 96.2 Å². The average molecular weight is 344 g/mol. The number of aryl methyl sites for hydroxylation is 1. The Labute approximate surface area is 144 Å². The van der Waals surface area contributed by atoms with Crippen molar-refractivity contribution in [2.45, 2.75) is 96.8 Å². The van der Waals surface area contributed by atoms with E-state index in [1.54, 1.807) is 0 Å². The normalized spacial score (nSPS) is 10.5. The van der Waals surface area contributed by atoms with Crippen LogP contribution in [0.4, 0.5) is 0 Å². The van der Waals surface area contributed by atoms with Crippen molar-refractivity contribution >= 4 is 0 Å². The van der Waals surface area contributed by atoms with Gasteiger partial charge in [0.05, 0.1) is 0 Å². The minimum atomic E-state index is 0. The molecule has 1 heterocycles. The molecule has 116 valence electrons. The van der Waals surface area contributed by atoms with Gasteiger partial charge in [-0.25, -0.2) is 4.98 Å². The number of H-pyrrole nitrogens is 1. The van der Waals surface area contributed by atoms with Gasteiger partial charge in [-0.2, -0.15) is 0 Å². The largest absolute Gasteiger partial charge is 2.00 e. The van der Waals surface area contributed by atoms with Crippen LogP contribution in [0.15, 0.2) is 12.4 Å². The minimum absolute atomic E-state index is 0. The molecule has 0 spiro atoms. The van der Waals surface area contributed by atoms with Gasteiger partial charge in [-0.3, -0.25) is 0 Å². The SMILES string of the molecule is CCCCCCCCCCCCCCCc1ncc[nH]1.[Zn+2]. The molecule has 0 bridgehead atoms. The summed E-state index contributed by atoms with van der Waals surface area (Å²) in [5, 5.41) is 0. The zero-order valence-corrected chi connectivity index (χ0v) is 17.2. The molecule has 1 aromatic rings. The molecule has 2 nitrogen and oxygen atoms in total. The number of rotatable bonds is 14. The molecule has 3 heteroatoms. The summed E-state index contributed by atoms with van der Waals surface area (Å²) in [5.74, 6) is 1.15. The fraction of sp³-hybridized carbons (Fsp3) is 0.833. The summed E-state index contributed by atoms with van der Waals surface area (Å²) in [6.45, 7) is 2.29. The number of aromatic amines is 1. The molecule has 0 amide bonds. The topological polar surface area (TPSA) is 28.7 Å². The molecule has 0 aromatic carbocycles. The Morgan fingerprint density at radius 3 is 1.67 bits per heavy atom. The Bertz CT molecular complexity index is 285. The van der Waals surface area contributed by atoms with Crippen LogP contribution in [-0.4, -0.2) is 9.97 Å². The molecular weight excluding hydrogens is 310 g/mol. The van der Waals surface area contributed by atoms with E-state index in [2.05, 4.69) is 16.9 Å². The van der Waals surface area contributed by atoms with Crippen molar-refractivity contribution < 1.29 is 19.5 Å². The molecule has 21 heavy (non-hydrogen) atoms. The number of hydrogen-bond acceptors (Lipinski definition) is 1. The van der Waals surface area contributed by atoms with Crippen LogP contribution in [0.3, 0.4) is 0 Å². The van der Waals surface area contributed by atoms with Gasteiger partial charge in [0.15, 0.2) is 0 Å². The Kier molecular flexibility index (Phi) is 16.1. The predicted molar refractivity (Wildman–Crippen MR) is 88.0 cm³/mol. The van der Waals surface area contributed by atoms with Crippen LogP contribution in [0.25, 0.3) is 0 Å². The first-order chi connectivity index (χ1) is 9.93. The van der Waals surface area contributed by atoms with Crippen molar-refractivity contribution in [1.82, 2.24) is 9.97 Å². The maximum atomic E-state index is 4.25. The molecular formula is C18H34N2Zn+2. The third-order valence-corrected chi connectivity index (χ3v) is 4.07. The smallest absolute Gasteiger partial charge is 0.349 e. The molecule has 0 atom stereocenters. The molecule has 1 aromatic heterocycles. The fourth-order valence-electron chi connectivity index (χ4n) is 2.74.